The molecule has 2 atom stereocenters. The summed E-state index contributed by atoms with van der Waals surface area (Å²) < 4.78 is 33.2. The molecule has 1 saturated carbocycles. The van der Waals surface area contributed by atoms with Gasteiger partial charge in [0.25, 0.3) is 0 Å². The molecule has 2 aliphatic carbocycles. The molecule has 0 radical (unpaired) electrons. The second kappa shape index (κ2) is 9.32. The molecule has 3 aromatic rings. The van der Waals surface area contributed by atoms with Crippen LogP contribution in [0.15, 0.2) is 42.1 Å². The zero-order valence-corrected chi connectivity index (χ0v) is 22.1. The smallest absolute Gasteiger partial charge is 0.173 e. The van der Waals surface area contributed by atoms with Crippen LogP contribution in [0.3, 0.4) is 0 Å². The average Bonchev–Trinajstić information content (AvgIpc) is 3.47. The van der Waals surface area contributed by atoms with Gasteiger partial charge in [-0.15, -0.1) is 0 Å². The van der Waals surface area contributed by atoms with Gasteiger partial charge in [0.05, 0.1) is 12.6 Å². The maximum absolute atomic E-state index is 15.2. The Kier molecular flexibility index (Phi) is 6.10. The van der Waals surface area contributed by atoms with Crippen molar-refractivity contribution in [2.45, 2.75) is 52.5 Å². The summed E-state index contributed by atoms with van der Waals surface area (Å²) >= 11 is 0. The van der Waals surface area contributed by atoms with Crippen molar-refractivity contribution in [1.29, 1.82) is 0 Å². The SMILES string of the molecule is CCC1C(C)N(CCOc2cc3nccc(Oc4ccc5c(c4F)C=C(C)C5)c3cc2OC)CC12CC2. The summed E-state index contributed by atoms with van der Waals surface area (Å²) in [7, 11) is 1.63. The normalized spacial score (nSPS) is 21.8. The largest absolute Gasteiger partial charge is 0.493 e. The lowest BCUT2D eigenvalue weighted by molar-refractivity contribution is 0.187. The van der Waals surface area contributed by atoms with Gasteiger partial charge in [-0.25, -0.2) is 4.39 Å². The lowest BCUT2D eigenvalue weighted by atomic mass is 9.86. The Morgan fingerprint density at radius 1 is 1.11 bits per heavy atom. The number of pyridine rings is 1. The van der Waals surface area contributed by atoms with E-state index in [0.29, 0.717) is 46.4 Å². The van der Waals surface area contributed by atoms with Crippen molar-refractivity contribution < 1.29 is 18.6 Å². The predicted molar refractivity (Wildman–Crippen MR) is 144 cm³/mol. The third-order valence-corrected chi connectivity index (χ3v) is 8.73. The number of hydrogen-bond acceptors (Lipinski definition) is 5. The van der Waals surface area contributed by atoms with Gasteiger partial charge in [0.15, 0.2) is 23.1 Å². The molecule has 2 heterocycles. The Balaban J connectivity index is 1.21. The first kappa shape index (κ1) is 24.2. The van der Waals surface area contributed by atoms with E-state index in [2.05, 4.69) is 23.7 Å². The summed E-state index contributed by atoms with van der Waals surface area (Å²) in [4.78, 5) is 7.11. The van der Waals surface area contributed by atoms with Gasteiger partial charge < -0.3 is 14.2 Å². The number of benzene rings is 2. The minimum absolute atomic E-state index is 0.204. The van der Waals surface area contributed by atoms with E-state index < -0.39 is 0 Å². The topological polar surface area (TPSA) is 43.8 Å². The summed E-state index contributed by atoms with van der Waals surface area (Å²) in [5.74, 6) is 2.46. The zero-order chi connectivity index (χ0) is 25.7. The number of fused-ring (bicyclic) bond motifs is 2. The molecule has 6 heteroatoms. The van der Waals surface area contributed by atoms with Crippen molar-refractivity contribution in [2.75, 3.05) is 26.8 Å². The van der Waals surface area contributed by atoms with E-state index in [0.717, 1.165) is 35.4 Å². The van der Waals surface area contributed by atoms with Crippen molar-refractivity contribution >= 4 is 17.0 Å². The van der Waals surface area contributed by atoms with Crippen molar-refractivity contribution in [2.24, 2.45) is 11.3 Å². The quantitative estimate of drug-likeness (QED) is 0.331. The zero-order valence-electron chi connectivity index (χ0n) is 22.1. The third kappa shape index (κ3) is 4.25. The van der Waals surface area contributed by atoms with Crippen LogP contribution in [0.5, 0.6) is 23.0 Å². The first-order valence-electron chi connectivity index (χ1n) is 13.4. The molecule has 2 fully saturated rings. The summed E-state index contributed by atoms with van der Waals surface area (Å²) in [5.41, 5.74) is 4.03. The number of hydrogen-bond donors (Lipinski definition) is 0. The van der Waals surface area contributed by atoms with Crippen molar-refractivity contribution in [3.8, 4) is 23.0 Å². The number of methoxy groups -OCH3 is 1. The lowest BCUT2D eigenvalue weighted by Crippen LogP contribution is -2.33. The molecule has 1 aromatic heterocycles. The van der Waals surface area contributed by atoms with Crippen LogP contribution in [0.4, 0.5) is 4.39 Å². The molecule has 194 valence electrons. The van der Waals surface area contributed by atoms with Crippen LogP contribution < -0.4 is 14.2 Å². The van der Waals surface area contributed by atoms with Crippen LogP contribution in [0.1, 0.15) is 51.2 Å². The van der Waals surface area contributed by atoms with Gasteiger partial charge in [-0.3, -0.25) is 9.88 Å². The summed E-state index contributed by atoms with van der Waals surface area (Å²) in [6, 6.07) is 9.74. The second-order valence-corrected chi connectivity index (χ2v) is 11.0. The molecule has 1 saturated heterocycles. The molecule has 0 N–H and O–H groups in total. The maximum Gasteiger partial charge on any atom is 0.173 e. The second-order valence-electron chi connectivity index (χ2n) is 11.0. The van der Waals surface area contributed by atoms with E-state index in [1.165, 1.54) is 25.8 Å². The Morgan fingerprint density at radius 2 is 1.95 bits per heavy atom. The van der Waals surface area contributed by atoms with Gasteiger partial charge in [-0.1, -0.05) is 31.1 Å². The standard InChI is InChI=1S/C31H35FN2O3/c1-5-24-20(3)34(18-31(24)9-10-31)12-13-36-29-17-25-23(16-28(29)35-4)26(8-11-33-25)37-27-7-6-21-14-19(2)15-22(21)30(27)32/h6-8,11,15-17,20,24H,5,9-10,12-14,18H2,1-4H3. The van der Waals surface area contributed by atoms with Crippen LogP contribution >= 0.6 is 0 Å². The first-order chi connectivity index (χ1) is 17.9. The summed E-state index contributed by atoms with van der Waals surface area (Å²) in [6.07, 6.45) is 8.33. The number of allylic oxidation sites excluding steroid dienone is 1. The van der Waals surface area contributed by atoms with Crippen LogP contribution in [-0.2, 0) is 6.42 Å². The third-order valence-electron chi connectivity index (χ3n) is 8.73. The summed E-state index contributed by atoms with van der Waals surface area (Å²) in [6.45, 7) is 9.36. The Bertz CT molecular complexity index is 1380. The van der Waals surface area contributed by atoms with E-state index in [1.807, 2.05) is 31.2 Å². The monoisotopic (exact) mass is 502 g/mol. The van der Waals surface area contributed by atoms with Gasteiger partial charge in [0, 0.05) is 42.3 Å². The van der Waals surface area contributed by atoms with Crippen molar-refractivity contribution in [3.63, 3.8) is 0 Å². The van der Waals surface area contributed by atoms with Gasteiger partial charge in [-0.2, -0.15) is 0 Å². The Labute approximate surface area is 218 Å². The lowest BCUT2D eigenvalue weighted by Gasteiger charge is -2.24. The number of halogens is 1. The van der Waals surface area contributed by atoms with Gasteiger partial charge in [0.2, 0.25) is 0 Å². The Morgan fingerprint density at radius 3 is 2.68 bits per heavy atom. The van der Waals surface area contributed by atoms with Gasteiger partial charge in [-0.05, 0) is 68.2 Å². The minimum Gasteiger partial charge on any atom is -0.493 e. The van der Waals surface area contributed by atoms with E-state index in [-0.39, 0.29) is 11.6 Å². The fourth-order valence-electron chi connectivity index (χ4n) is 6.66. The highest BCUT2D eigenvalue weighted by Gasteiger charge is 2.56. The molecule has 0 bridgehead atoms. The fraction of sp³-hybridized carbons (Fsp3) is 0.452. The molecule has 6 rings (SSSR count). The summed E-state index contributed by atoms with van der Waals surface area (Å²) in [5, 5.41) is 0.743. The highest BCUT2D eigenvalue weighted by molar-refractivity contribution is 5.88. The van der Waals surface area contributed by atoms with Crippen LogP contribution in [-0.4, -0.2) is 42.7 Å². The van der Waals surface area contributed by atoms with Gasteiger partial charge >= 0.3 is 0 Å². The van der Waals surface area contributed by atoms with E-state index in [4.69, 9.17) is 14.2 Å². The number of ether oxygens (including phenoxy) is 3. The molecule has 1 aliphatic heterocycles. The van der Waals surface area contributed by atoms with E-state index in [1.54, 1.807) is 25.4 Å². The molecule has 5 nitrogen and oxygen atoms in total. The molecular weight excluding hydrogens is 467 g/mol. The number of rotatable bonds is 8. The molecule has 0 amide bonds. The minimum atomic E-state index is -0.333. The Hall–Kier alpha value is -3.12. The van der Waals surface area contributed by atoms with E-state index >= 15 is 4.39 Å². The van der Waals surface area contributed by atoms with Crippen molar-refractivity contribution in [3.05, 3.63) is 59.0 Å². The molecule has 2 unspecified atom stereocenters. The van der Waals surface area contributed by atoms with Crippen LogP contribution in [0.2, 0.25) is 0 Å². The molecule has 37 heavy (non-hydrogen) atoms. The highest BCUT2D eigenvalue weighted by Crippen LogP contribution is 2.59. The molecule has 3 aliphatic rings. The van der Waals surface area contributed by atoms with Crippen molar-refractivity contribution in [1.82, 2.24) is 9.88 Å². The first-order valence-corrected chi connectivity index (χ1v) is 13.4. The molecule has 1 spiro atoms. The number of likely N-dealkylation sites (tertiary alicyclic amines) is 1. The van der Waals surface area contributed by atoms with Crippen LogP contribution in [0, 0.1) is 17.2 Å². The fourth-order valence-corrected chi connectivity index (χ4v) is 6.66. The maximum atomic E-state index is 15.2. The molecule has 2 aromatic carbocycles. The highest BCUT2D eigenvalue weighted by atomic mass is 19.1. The number of aromatic nitrogens is 1. The van der Waals surface area contributed by atoms with Gasteiger partial charge in [0.1, 0.15) is 12.4 Å². The molecular formula is C31H35FN2O3. The van der Waals surface area contributed by atoms with E-state index in [9.17, 15) is 0 Å². The van der Waals surface area contributed by atoms with Crippen LogP contribution in [0.25, 0.3) is 17.0 Å². The predicted octanol–water partition coefficient (Wildman–Crippen LogP) is 7.02. The average molecular weight is 503 g/mol. The number of nitrogens with zero attached hydrogens (tertiary/aromatic N) is 2.